The number of likely N-dealkylation sites (tertiary alicyclic amines) is 2. The molecule has 1 aromatic heterocycles. The Balaban J connectivity index is 1.24. The molecule has 1 amide bonds. The van der Waals surface area contributed by atoms with Crippen molar-refractivity contribution in [1.29, 1.82) is 0 Å². The Kier molecular flexibility index (Phi) is 5.88. The van der Waals surface area contributed by atoms with Crippen LogP contribution in [0.5, 0.6) is 11.5 Å². The Morgan fingerprint density at radius 2 is 1.74 bits per heavy atom. The Hall–Kier alpha value is -3.42. The van der Waals surface area contributed by atoms with Crippen molar-refractivity contribution in [3.05, 3.63) is 78.1 Å². The van der Waals surface area contributed by atoms with Crippen LogP contribution in [0.1, 0.15) is 35.3 Å². The number of fused-ring (bicyclic) bond motifs is 2. The minimum Gasteiger partial charge on any atom is -0.453 e. The van der Waals surface area contributed by atoms with Crippen LogP contribution in [0.15, 0.2) is 66.9 Å². The molecule has 7 nitrogen and oxygen atoms in total. The largest absolute Gasteiger partial charge is 0.453 e. The summed E-state index contributed by atoms with van der Waals surface area (Å²) in [6.07, 6.45) is 4.13. The lowest BCUT2D eigenvalue weighted by molar-refractivity contribution is 0.0764. The number of carbonyl (C=O) groups is 1. The average Bonchev–Trinajstić information content (AvgIpc) is 3.34. The highest BCUT2D eigenvalue weighted by atomic mass is 16.5. The molecule has 2 fully saturated rings. The third-order valence-electron chi connectivity index (χ3n) is 7.30. The SMILES string of the molecule is O=C(c1ccc2c(c1)Oc1ccccc1N2C1CCN(Cc2ccccn2)CC1)N1CC[C@H](O)C1. The summed E-state index contributed by atoms with van der Waals surface area (Å²) in [5.41, 5.74) is 3.79. The van der Waals surface area contributed by atoms with Crippen molar-refractivity contribution in [1.82, 2.24) is 14.8 Å². The highest BCUT2D eigenvalue weighted by Gasteiger charge is 2.33. The fourth-order valence-corrected chi connectivity index (χ4v) is 5.48. The number of para-hydroxylation sites is 2. The van der Waals surface area contributed by atoms with Gasteiger partial charge in [-0.2, -0.15) is 0 Å². The molecule has 2 saturated heterocycles. The number of anilines is 2. The number of β-amino-alcohol motifs (C(OH)–C–C–N with tert-alkyl or cyclic N) is 1. The number of benzene rings is 2. The highest BCUT2D eigenvalue weighted by Crippen LogP contribution is 2.49. The standard InChI is InChI=1S/C28H30N4O3/c33-23-12-16-31(19-23)28(34)20-8-9-25-27(17-20)35-26-7-2-1-6-24(26)32(25)22-10-14-30(15-11-22)18-21-5-3-4-13-29-21/h1-9,13,17,22-23,33H,10-12,14-16,18-19H2/t23-/m0/s1. The molecule has 35 heavy (non-hydrogen) atoms. The van der Waals surface area contributed by atoms with Crippen LogP contribution >= 0.6 is 0 Å². The molecule has 3 aromatic rings. The smallest absolute Gasteiger partial charge is 0.254 e. The Morgan fingerprint density at radius 3 is 2.51 bits per heavy atom. The maximum Gasteiger partial charge on any atom is 0.254 e. The zero-order chi connectivity index (χ0) is 23.8. The minimum absolute atomic E-state index is 0.0545. The summed E-state index contributed by atoms with van der Waals surface area (Å²) < 4.78 is 6.29. The van der Waals surface area contributed by atoms with Crippen molar-refractivity contribution in [2.24, 2.45) is 0 Å². The molecule has 0 aliphatic carbocycles. The number of piperidine rings is 1. The number of aromatic nitrogens is 1. The monoisotopic (exact) mass is 470 g/mol. The van der Waals surface area contributed by atoms with Gasteiger partial charge in [0.15, 0.2) is 11.5 Å². The number of aliphatic hydroxyl groups excluding tert-OH is 1. The molecule has 3 aliphatic heterocycles. The van der Waals surface area contributed by atoms with Gasteiger partial charge in [-0.3, -0.25) is 14.7 Å². The molecule has 6 rings (SSSR count). The van der Waals surface area contributed by atoms with E-state index in [1.165, 1.54) is 0 Å². The van der Waals surface area contributed by atoms with Gasteiger partial charge in [-0.25, -0.2) is 0 Å². The van der Waals surface area contributed by atoms with E-state index < -0.39 is 6.10 Å². The molecule has 0 radical (unpaired) electrons. The molecule has 0 unspecified atom stereocenters. The second-order valence-electron chi connectivity index (χ2n) is 9.64. The topological polar surface area (TPSA) is 69.1 Å². The lowest BCUT2D eigenvalue weighted by Crippen LogP contribution is -2.43. The van der Waals surface area contributed by atoms with Gasteiger partial charge in [-0.1, -0.05) is 18.2 Å². The van der Waals surface area contributed by atoms with Crippen LogP contribution in [0.25, 0.3) is 0 Å². The average molecular weight is 471 g/mol. The Morgan fingerprint density at radius 1 is 0.943 bits per heavy atom. The zero-order valence-corrected chi connectivity index (χ0v) is 19.7. The van der Waals surface area contributed by atoms with Gasteiger partial charge in [-0.15, -0.1) is 0 Å². The van der Waals surface area contributed by atoms with E-state index in [4.69, 9.17) is 4.74 Å². The summed E-state index contributed by atoms with van der Waals surface area (Å²) in [5, 5.41) is 9.84. The van der Waals surface area contributed by atoms with E-state index in [1.54, 1.807) is 4.90 Å². The summed E-state index contributed by atoms with van der Waals surface area (Å²) in [6, 6.07) is 20.3. The highest BCUT2D eigenvalue weighted by molar-refractivity contribution is 5.96. The lowest BCUT2D eigenvalue weighted by atomic mass is 9.99. The summed E-state index contributed by atoms with van der Waals surface area (Å²) in [4.78, 5) is 24.1. The van der Waals surface area contributed by atoms with Gasteiger partial charge in [0.1, 0.15) is 0 Å². The number of rotatable bonds is 4. The third kappa shape index (κ3) is 4.37. The van der Waals surface area contributed by atoms with Crippen molar-refractivity contribution in [3.8, 4) is 11.5 Å². The van der Waals surface area contributed by atoms with Gasteiger partial charge >= 0.3 is 0 Å². The number of aliphatic hydroxyl groups is 1. The maximum absolute atomic E-state index is 13.0. The van der Waals surface area contributed by atoms with Crippen LogP contribution in [-0.2, 0) is 6.54 Å². The predicted octanol–water partition coefficient (Wildman–Crippen LogP) is 4.20. The van der Waals surface area contributed by atoms with Gasteiger partial charge < -0.3 is 19.6 Å². The van der Waals surface area contributed by atoms with Crippen LogP contribution in [0.4, 0.5) is 11.4 Å². The van der Waals surface area contributed by atoms with E-state index in [0.29, 0.717) is 36.9 Å². The predicted molar refractivity (Wildman–Crippen MR) is 134 cm³/mol. The second-order valence-corrected chi connectivity index (χ2v) is 9.64. The molecular formula is C28H30N4O3. The molecule has 0 bridgehead atoms. The first kappa shape index (κ1) is 22.1. The van der Waals surface area contributed by atoms with E-state index in [9.17, 15) is 9.90 Å². The number of pyridine rings is 1. The molecule has 0 saturated carbocycles. The van der Waals surface area contributed by atoms with Crippen LogP contribution < -0.4 is 9.64 Å². The first-order chi connectivity index (χ1) is 17.2. The van der Waals surface area contributed by atoms with E-state index in [0.717, 1.165) is 55.3 Å². The van der Waals surface area contributed by atoms with Gasteiger partial charge in [0.2, 0.25) is 0 Å². The van der Waals surface area contributed by atoms with E-state index in [2.05, 4.69) is 26.9 Å². The van der Waals surface area contributed by atoms with Gasteiger partial charge in [0.25, 0.3) is 5.91 Å². The maximum atomic E-state index is 13.0. The Labute approximate surface area is 205 Å². The molecule has 0 spiro atoms. The number of carbonyl (C=O) groups excluding carboxylic acids is 1. The first-order valence-corrected chi connectivity index (χ1v) is 12.5. The van der Waals surface area contributed by atoms with E-state index >= 15 is 0 Å². The molecule has 1 N–H and O–H groups in total. The van der Waals surface area contributed by atoms with Gasteiger partial charge in [-0.05, 0) is 61.7 Å². The summed E-state index contributed by atoms with van der Waals surface area (Å²) >= 11 is 0. The molecule has 4 heterocycles. The molecule has 7 heteroatoms. The summed E-state index contributed by atoms with van der Waals surface area (Å²) in [6.45, 7) is 3.86. The second kappa shape index (κ2) is 9.32. The van der Waals surface area contributed by atoms with Crippen molar-refractivity contribution < 1.29 is 14.6 Å². The van der Waals surface area contributed by atoms with E-state index in [1.807, 2.05) is 54.7 Å². The fraction of sp³-hybridized carbons (Fsp3) is 0.357. The third-order valence-corrected chi connectivity index (χ3v) is 7.30. The number of ether oxygens (including phenoxy) is 1. The molecule has 1 atom stereocenters. The molecule has 2 aromatic carbocycles. The first-order valence-electron chi connectivity index (χ1n) is 12.5. The molecular weight excluding hydrogens is 440 g/mol. The Bertz CT molecular complexity index is 1210. The quantitative estimate of drug-likeness (QED) is 0.617. The van der Waals surface area contributed by atoms with Crippen LogP contribution in [0.3, 0.4) is 0 Å². The van der Waals surface area contributed by atoms with Crippen LogP contribution in [0, 0.1) is 0 Å². The summed E-state index contributed by atoms with van der Waals surface area (Å²) in [5.74, 6) is 1.48. The van der Waals surface area contributed by atoms with Crippen molar-refractivity contribution in [2.45, 2.75) is 38.0 Å². The van der Waals surface area contributed by atoms with Gasteiger partial charge in [0, 0.05) is 50.5 Å². The van der Waals surface area contributed by atoms with E-state index in [-0.39, 0.29) is 5.91 Å². The number of amides is 1. The summed E-state index contributed by atoms with van der Waals surface area (Å²) in [7, 11) is 0. The molecule has 180 valence electrons. The fourth-order valence-electron chi connectivity index (χ4n) is 5.48. The molecule has 3 aliphatic rings. The number of hydrogen-bond acceptors (Lipinski definition) is 6. The van der Waals surface area contributed by atoms with Crippen molar-refractivity contribution in [2.75, 3.05) is 31.1 Å². The van der Waals surface area contributed by atoms with Crippen molar-refractivity contribution >= 4 is 17.3 Å². The normalized spacial score (nSPS) is 20.3. The van der Waals surface area contributed by atoms with Crippen LogP contribution in [-0.4, -0.2) is 64.1 Å². The number of hydrogen-bond donors (Lipinski definition) is 1. The zero-order valence-electron chi connectivity index (χ0n) is 19.7. The lowest BCUT2D eigenvalue weighted by Gasteiger charge is -2.42. The van der Waals surface area contributed by atoms with Crippen LogP contribution in [0.2, 0.25) is 0 Å². The van der Waals surface area contributed by atoms with Gasteiger partial charge in [0.05, 0.1) is 23.2 Å². The number of nitrogens with zero attached hydrogens (tertiary/aromatic N) is 4. The van der Waals surface area contributed by atoms with Crippen molar-refractivity contribution in [3.63, 3.8) is 0 Å². The minimum atomic E-state index is -0.432.